The smallest absolute Gasteiger partial charge is 0.324 e. The van der Waals surface area contributed by atoms with Gasteiger partial charge in [0, 0.05) is 23.3 Å². The van der Waals surface area contributed by atoms with Gasteiger partial charge in [0.2, 0.25) is 0 Å². The topological polar surface area (TPSA) is 46.3 Å². The number of hydrogen-bond donors (Lipinski definition) is 1. The first-order valence-electron chi connectivity index (χ1n) is 8.37. The van der Waals surface area contributed by atoms with Gasteiger partial charge >= 0.3 is 12.4 Å². The van der Waals surface area contributed by atoms with E-state index in [1.54, 1.807) is 31.2 Å². The van der Waals surface area contributed by atoms with E-state index in [1.165, 1.54) is 4.90 Å². The van der Waals surface area contributed by atoms with Crippen LogP contribution in [0.25, 0.3) is 0 Å². The molecule has 2 aromatic rings. The van der Waals surface area contributed by atoms with Crippen molar-refractivity contribution in [3.05, 3.63) is 64.7 Å². The molecule has 150 valence electrons. The lowest BCUT2D eigenvalue weighted by atomic mass is 9.91. The minimum atomic E-state index is -5.02. The normalized spacial score (nSPS) is 20.1. The van der Waals surface area contributed by atoms with Gasteiger partial charge in [-0.1, -0.05) is 18.2 Å². The molecule has 3 nitrogen and oxygen atoms in total. The second-order valence-electron chi connectivity index (χ2n) is 6.72. The molecule has 0 unspecified atom stereocenters. The Morgan fingerprint density at radius 2 is 1.54 bits per heavy atom. The highest BCUT2D eigenvalue weighted by Gasteiger charge is 2.39. The molecule has 2 aromatic carbocycles. The number of hydrogen-bond acceptors (Lipinski definition) is 2. The van der Waals surface area contributed by atoms with Crippen molar-refractivity contribution >= 4 is 11.6 Å². The van der Waals surface area contributed by atoms with Crippen LogP contribution in [0.15, 0.2) is 42.5 Å². The van der Waals surface area contributed by atoms with E-state index in [4.69, 9.17) is 5.73 Å². The van der Waals surface area contributed by atoms with Crippen LogP contribution in [0.2, 0.25) is 0 Å². The van der Waals surface area contributed by atoms with Crippen molar-refractivity contribution in [3.63, 3.8) is 0 Å². The van der Waals surface area contributed by atoms with Gasteiger partial charge in [-0.05, 0) is 43.2 Å². The second-order valence-corrected chi connectivity index (χ2v) is 6.72. The number of benzene rings is 2. The molecule has 3 rings (SSSR count). The Labute approximate surface area is 156 Å². The number of para-hydroxylation sites is 1. The summed E-state index contributed by atoms with van der Waals surface area (Å²) in [5.74, 6) is -0.941. The fourth-order valence-electron chi connectivity index (χ4n) is 3.38. The number of carbonyl (C=O) groups is 1. The first-order valence-corrected chi connectivity index (χ1v) is 8.37. The number of rotatable bonds is 1. The fraction of sp³-hybridized carbons (Fsp3) is 0.316. The standard InChI is InChI=1S/C19H16F6N2O/c1-10-6-15(26)14-4-2-3-5-16(14)27(10)17(28)11-7-12(18(20,21)22)9-13(8-11)19(23,24)25/h2-5,7-10,15H,6,26H2,1H3/t10-,15+/m0/s1. The van der Waals surface area contributed by atoms with Gasteiger partial charge in [0.25, 0.3) is 5.91 Å². The van der Waals surface area contributed by atoms with Gasteiger partial charge in [-0.15, -0.1) is 0 Å². The third-order valence-electron chi connectivity index (χ3n) is 4.68. The molecule has 0 radical (unpaired) electrons. The highest BCUT2D eigenvalue weighted by molar-refractivity contribution is 6.07. The zero-order valence-corrected chi connectivity index (χ0v) is 14.6. The summed E-state index contributed by atoms with van der Waals surface area (Å²) in [6.07, 6.45) is -9.72. The monoisotopic (exact) mass is 402 g/mol. The molecule has 0 aromatic heterocycles. The first-order chi connectivity index (χ1) is 12.9. The molecule has 0 saturated heterocycles. The van der Waals surface area contributed by atoms with Crippen LogP contribution in [-0.2, 0) is 12.4 Å². The molecular formula is C19H16F6N2O. The highest BCUT2D eigenvalue weighted by atomic mass is 19.4. The van der Waals surface area contributed by atoms with Crippen molar-refractivity contribution < 1.29 is 31.1 Å². The van der Waals surface area contributed by atoms with E-state index in [2.05, 4.69) is 0 Å². The minimum Gasteiger partial charge on any atom is -0.324 e. The molecule has 2 atom stereocenters. The number of nitrogens with zero attached hydrogens (tertiary/aromatic N) is 1. The average molecular weight is 402 g/mol. The molecule has 0 spiro atoms. The molecule has 28 heavy (non-hydrogen) atoms. The van der Waals surface area contributed by atoms with Crippen molar-refractivity contribution in [1.29, 1.82) is 0 Å². The van der Waals surface area contributed by atoms with Gasteiger partial charge in [0.05, 0.1) is 11.1 Å². The van der Waals surface area contributed by atoms with Gasteiger partial charge < -0.3 is 10.6 Å². The molecule has 9 heteroatoms. The molecule has 1 amide bonds. The molecule has 0 saturated carbocycles. The van der Waals surface area contributed by atoms with Crippen LogP contribution >= 0.6 is 0 Å². The zero-order chi connectivity index (χ0) is 20.9. The second kappa shape index (κ2) is 6.80. The lowest BCUT2D eigenvalue weighted by molar-refractivity contribution is -0.143. The molecule has 1 aliphatic heterocycles. The summed E-state index contributed by atoms with van der Waals surface area (Å²) < 4.78 is 78.6. The van der Waals surface area contributed by atoms with E-state index in [9.17, 15) is 31.1 Å². The van der Waals surface area contributed by atoms with Crippen molar-refractivity contribution in [1.82, 2.24) is 0 Å². The quantitative estimate of drug-likeness (QED) is 0.670. The van der Waals surface area contributed by atoms with E-state index in [0.717, 1.165) is 0 Å². The molecule has 0 fully saturated rings. The Kier molecular flexibility index (Phi) is 4.91. The van der Waals surface area contributed by atoms with E-state index in [1.807, 2.05) is 0 Å². The summed E-state index contributed by atoms with van der Waals surface area (Å²) in [6.45, 7) is 1.64. The van der Waals surface area contributed by atoms with E-state index >= 15 is 0 Å². The highest BCUT2D eigenvalue weighted by Crippen LogP contribution is 2.39. The summed E-state index contributed by atoms with van der Waals surface area (Å²) in [7, 11) is 0. The number of carbonyl (C=O) groups excluding carboxylic acids is 1. The Balaban J connectivity index is 2.13. The largest absolute Gasteiger partial charge is 0.416 e. The van der Waals surface area contributed by atoms with E-state index in [0.29, 0.717) is 29.8 Å². The van der Waals surface area contributed by atoms with Crippen molar-refractivity contribution in [2.24, 2.45) is 5.73 Å². The SMILES string of the molecule is C[C@H]1C[C@@H](N)c2ccccc2N1C(=O)c1cc(C(F)(F)F)cc(C(F)(F)F)c1. The molecule has 1 heterocycles. The van der Waals surface area contributed by atoms with Gasteiger partial charge in [0.1, 0.15) is 0 Å². The van der Waals surface area contributed by atoms with Gasteiger partial charge in [-0.2, -0.15) is 26.3 Å². The predicted molar refractivity (Wildman–Crippen MR) is 90.7 cm³/mol. The van der Waals surface area contributed by atoms with E-state index < -0.39 is 41.0 Å². The summed E-state index contributed by atoms with van der Waals surface area (Å²) >= 11 is 0. The van der Waals surface area contributed by atoms with Crippen LogP contribution in [0.5, 0.6) is 0 Å². The van der Waals surface area contributed by atoms with E-state index in [-0.39, 0.29) is 12.1 Å². The van der Waals surface area contributed by atoms with Crippen molar-refractivity contribution in [2.75, 3.05) is 4.90 Å². The minimum absolute atomic E-state index is 0.000271. The number of anilines is 1. The van der Waals surface area contributed by atoms with Gasteiger partial charge in [-0.25, -0.2) is 0 Å². The summed E-state index contributed by atoms with van der Waals surface area (Å²) in [4.78, 5) is 14.2. The van der Waals surface area contributed by atoms with Crippen molar-refractivity contribution in [2.45, 2.75) is 37.8 Å². The molecule has 2 N–H and O–H groups in total. The Hall–Kier alpha value is -2.55. The molecule has 1 aliphatic rings. The van der Waals surface area contributed by atoms with Gasteiger partial charge in [0.15, 0.2) is 0 Å². The lowest BCUT2D eigenvalue weighted by Gasteiger charge is -2.38. The Morgan fingerprint density at radius 3 is 2.07 bits per heavy atom. The maximum atomic E-state index is 13.1. The van der Waals surface area contributed by atoms with Crippen LogP contribution in [0.1, 0.15) is 46.4 Å². The lowest BCUT2D eigenvalue weighted by Crippen LogP contribution is -2.44. The average Bonchev–Trinajstić information content (AvgIpc) is 2.59. The number of amides is 1. The van der Waals surface area contributed by atoms with Crippen LogP contribution in [-0.4, -0.2) is 11.9 Å². The summed E-state index contributed by atoms with van der Waals surface area (Å²) in [5, 5.41) is 0. The maximum Gasteiger partial charge on any atom is 0.416 e. The number of alkyl halides is 6. The molecule has 0 aliphatic carbocycles. The zero-order valence-electron chi connectivity index (χ0n) is 14.6. The Bertz CT molecular complexity index is 874. The Morgan fingerprint density at radius 1 is 1.00 bits per heavy atom. The van der Waals surface area contributed by atoms with Gasteiger partial charge in [-0.3, -0.25) is 4.79 Å². The van der Waals surface area contributed by atoms with Crippen LogP contribution < -0.4 is 10.6 Å². The summed E-state index contributed by atoms with van der Waals surface area (Å²) in [6, 6.07) is 6.58. The third kappa shape index (κ3) is 3.71. The van der Waals surface area contributed by atoms with Crippen LogP contribution in [0.4, 0.5) is 32.0 Å². The molecule has 0 bridgehead atoms. The molecular weight excluding hydrogens is 386 g/mol. The number of halogens is 6. The predicted octanol–water partition coefficient (Wildman–Crippen LogP) is 5.16. The van der Waals surface area contributed by atoms with Crippen LogP contribution in [0.3, 0.4) is 0 Å². The third-order valence-corrected chi connectivity index (χ3v) is 4.68. The maximum absolute atomic E-state index is 13.1. The first kappa shape index (κ1) is 20.2. The number of nitrogens with two attached hydrogens (primary N) is 1. The van der Waals surface area contributed by atoms with Crippen LogP contribution in [0, 0.1) is 0 Å². The fourth-order valence-corrected chi connectivity index (χ4v) is 3.38. The van der Waals surface area contributed by atoms with Crippen molar-refractivity contribution in [3.8, 4) is 0 Å². The summed E-state index contributed by atoms with van der Waals surface area (Å²) in [5.41, 5.74) is 3.32. The number of fused-ring (bicyclic) bond motifs is 1.